The van der Waals surface area contributed by atoms with Crippen molar-refractivity contribution in [2.24, 2.45) is 14.1 Å². The maximum Gasteiger partial charge on any atom is 0.164 e. The molecule has 83 heavy (non-hydrogen) atoms. The molecule has 6 nitrogen and oxygen atoms in total. The lowest BCUT2D eigenvalue weighted by Gasteiger charge is -2.10. The van der Waals surface area contributed by atoms with Gasteiger partial charge in [0.1, 0.15) is 0 Å². The summed E-state index contributed by atoms with van der Waals surface area (Å²) in [6.45, 7) is 36.0. The van der Waals surface area contributed by atoms with Gasteiger partial charge in [-0.1, -0.05) is 294 Å². The van der Waals surface area contributed by atoms with Gasteiger partial charge in [0.25, 0.3) is 0 Å². The fraction of sp³-hybridized carbons (Fsp3) is 0.260. The minimum atomic E-state index is 0.654. The summed E-state index contributed by atoms with van der Waals surface area (Å²) in [6, 6.07) is 79.7. The van der Waals surface area contributed by atoms with E-state index in [2.05, 4.69) is 198 Å². The van der Waals surface area contributed by atoms with E-state index < -0.39 is 0 Å². The predicted octanol–water partition coefficient (Wildman–Crippen LogP) is 23.9. The van der Waals surface area contributed by atoms with Crippen LogP contribution in [0.1, 0.15) is 125 Å². The Kier molecular flexibility index (Phi) is 33.7. The number of hydrogen-bond acceptors (Lipinski definition) is 3. The molecule has 13 rings (SSSR count). The minimum absolute atomic E-state index is 0.654. The van der Waals surface area contributed by atoms with Crippen molar-refractivity contribution in [3.05, 3.63) is 231 Å². The number of rotatable bonds is 4. The Labute approximate surface area is 500 Å². The first-order valence-corrected chi connectivity index (χ1v) is 30.9. The third-order valence-corrected chi connectivity index (χ3v) is 12.3. The molecule has 0 amide bonds. The summed E-state index contributed by atoms with van der Waals surface area (Å²) in [6.07, 6.45) is 0. The van der Waals surface area contributed by atoms with Crippen LogP contribution in [0.15, 0.2) is 231 Å². The first-order chi connectivity index (χ1) is 41.1. The number of para-hydroxylation sites is 6. The van der Waals surface area contributed by atoms with Crippen molar-refractivity contribution in [3.8, 4) is 39.9 Å². The summed E-state index contributed by atoms with van der Waals surface area (Å²) in [4.78, 5) is 14.5. The number of aryl methyl sites for hydroxylation is 2. The van der Waals surface area contributed by atoms with Gasteiger partial charge in [-0.2, -0.15) is 0 Å². The fourth-order valence-corrected chi connectivity index (χ4v) is 9.13. The lowest BCUT2D eigenvalue weighted by Crippen LogP contribution is -2.00. The lowest BCUT2D eigenvalue weighted by atomic mass is 10.1. The van der Waals surface area contributed by atoms with Crippen LogP contribution in [0.25, 0.3) is 105 Å². The Morgan fingerprint density at radius 1 is 0.205 bits per heavy atom. The van der Waals surface area contributed by atoms with Gasteiger partial charge in [0, 0.05) is 90.9 Å². The van der Waals surface area contributed by atoms with Crippen molar-refractivity contribution in [3.63, 3.8) is 0 Å². The van der Waals surface area contributed by atoms with Gasteiger partial charge in [0.05, 0.1) is 11.0 Å². The largest absolute Gasteiger partial charge is 0.344 e. The quantitative estimate of drug-likeness (QED) is 0.176. The second kappa shape index (κ2) is 39.7. The molecule has 0 atom stereocenters. The molecule has 0 aliphatic carbocycles. The normalized spacial score (nSPS) is 9.45. The highest BCUT2D eigenvalue weighted by Gasteiger charge is 2.15. The van der Waals surface area contributed by atoms with Crippen LogP contribution in [0, 0.1) is 0 Å². The molecule has 0 bridgehead atoms. The summed E-state index contributed by atoms with van der Waals surface area (Å²) in [5, 5.41) is 7.85. The molecule has 13 aromatic rings. The van der Waals surface area contributed by atoms with Crippen molar-refractivity contribution in [1.29, 1.82) is 0 Å². The molecule has 0 N–H and O–H groups in total. The molecular weight excluding hydrogens is 1010 g/mol. The first-order valence-electron chi connectivity index (χ1n) is 30.9. The van der Waals surface area contributed by atoms with Crippen LogP contribution in [0.2, 0.25) is 0 Å². The lowest BCUT2D eigenvalue weighted by molar-refractivity contribution is 1.01. The molecule has 0 spiro atoms. The van der Waals surface area contributed by atoms with Gasteiger partial charge in [-0.3, -0.25) is 0 Å². The highest BCUT2D eigenvalue weighted by atomic mass is 15.0. The van der Waals surface area contributed by atoms with E-state index in [1.807, 2.05) is 185 Å². The van der Waals surface area contributed by atoms with Crippen molar-refractivity contribution in [2.75, 3.05) is 0 Å². The first kappa shape index (κ1) is 70.5. The van der Waals surface area contributed by atoms with Gasteiger partial charge in [0.15, 0.2) is 17.5 Å². The second-order valence-corrected chi connectivity index (χ2v) is 16.1. The Bertz CT molecular complexity index is 3460. The van der Waals surface area contributed by atoms with E-state index in [-0.39, 0.29) is 0 Å². The van der Waals surface area contributed by atoms with Gasteiger partial charge >= 0.3 is 0 Å². The molecule has 436 valence electrons. The Morgan fingerprint density at radius 2 is 0.398 bits per heavy atom. The Balaban J connectivity index is 0.000000423. The van der Waals surface area contributed by atoms with Gasteiger partial charge in [-0.25, -0.2) is 15.0 Å². The van der Waals surface area contributed by atoms with Gasteiger partial charge in [-0.05, 0) is 60.7 Å². The zero-order chi connectivity index (χ0) is 61.7. The Morgan fingerprint density at radius 3 is 0.651 bits per heavy atom. The van der Waals surface area contributed by atoms with E-state index >= 15 is 0 Å². The van der Waals surface area contributed by atoms with Crippen LogP contribution >= 0.6 is 0 Å². The Hall–Kier alpha value is -8.61. The van der Waals surface area contributed by atoms with Crippen molar-refractivity contribution >= 4 is 65.4 Å². The standard InChI is InChI=1S/C33H22N4.2C13H11N.9C2H6/c1-3-11-23(12-4-1)31-34-32(24-13-5-2-6-14-24)36-33(35-31)25-19-21-26(22-20-25)37-29-17-9-7-15-27(29)28-16-8-10-18-30(28)37;2*1-14-12-8-4-2-6-10(12)11-7-3-5-9-13(11)14;9*1-2/h1-22H;2*2-9H,1H3;9*1-2H3. The van der Waals surface area contributed by atoms with E-state index in [1.165, 1.54) is 65.4 Å². The summed E-state index contributed by atoms with van der Waals surface area (Å²) >= 11 is 0. The van der Waals surface area contributed by atoms with Gasteiger partial charge < -0.3 is 13.7 Å². The monoisotopic (exact) mass is 1110 g/mol. The molecule has 4 heterocycles. The molecule has 0 saturated heterocycles. The maximum absolute atomic E-state index is 4.86. The van der Waals surface area contributed by atoms with Crippen molar-refractivity contribution in [2.45, 2.75) is 125 Å². The summed E-state index contributed by atoms with van der Waals surface area (Å²) < 4.78 is 6.79. The number of benzene rings is 9. The average Bonchev–Trinajstić information content (AvgIpc) is 4.35. The zero-order valence-corrected chi connectivity index (χ0v) is 54.1. The second-order valence-electron chi connectivity index (χ2n) is 16.1. The average molecular weight is 1110 g/mol. The molecule has 0 unspecified atom stereocenters. The highest BCUT2D eigenvalue weighted by molar-refractivity contribution is 6.10. The molecule has 0 radical (unpaired) electrons. The molecule has 0 saturated carbocycles. The van der Waals surface area contributed by atoms with Crippen LogP contribution in [-0.4, -0.2) is 28.7 Å². The molecule has 0 aliphatic rings. The van der Waals surface area contributed by atoms with Crippen LogP contribution in [-0.2, 0) is 14.1 Å². The number of nitrogens with zero attached hydrogens (tertiary/aromatic N) is 6. The molecule has 4 aromatic heterocycles. The molecule has 6 heteroatoms. The maximum atomic E-state index is 4.86. The van der Waals surface area contributed by atoms with Crippen LogP contribution < -0.4 is 0 Å². The molecule has 9 aromatic carbocycles. The SMILES string of the molecule is CC.CC.CC.CC.CC.CC.CC.CC.CC.Cn1c2ccccc2c2ccccc21.Cn1c2ccccc2c2ccccc21.c1ccc(-c2nc(-c3ccccc3)nc(-c3ccc(-n4c5ccccc5c5ccccc54)cc3)n2)cc1. The highest BCUT2D eigenvalue weighted by Crippen LogP contribution is 2.33. The van der Waals surface area contributed by atoms with E-state index in [0.717, 1.165) is 22.4 Å². The van der Waals surface area contributed by atoms with Gasteiger partial charge in [0.2, 0.25) is 0 Å². The van der Waals surface area contributed by atoms with E-state index in [1.54, 1.807) is 0 Å². The van der Waals surface area contributed by atoms with E-state index in [0.29, 0.717) is 17.5 Å². The molecule has 0 aliphatic heterocycles. The number of hydrogen-bond donors (Lipinski definition) is 0. The molecule has 0 fully saturated rings. The number of fused-ring (bicyclic) bond motifs is 9. The summed E-state index contributed by atoms with van der Waals surface area (Å²) in [7, 11) is 4.23. The summed E-state index contributed by atoms with van der Waals surface area (Å²) in [5.41, 5.74) is 11.5. The number of aromatic nitrogens is 6. The third kappa shape index (κ3) is 17.2. The van der Waals surface area contributed by atoms with Gasteiger partial charge in [-0.15, -0.1) is 0 Å². The molecular formula is C77H98N6. The minimum Gasteiger partial charge on any atom is -0.344 e. The third-order valence-electron chi connectivity index (χ3n) is 12.3. The zero-order valence-electron chi connectivity index (χ0n) is 54.1. The fourth-order valence-electron chi connectivity index (χ4n) is 9.13. The van der Waals surface area contributed by atoms with E-state index in [9.17, 15) is 0 Å². The van der Waals surface area contributed by atoms with Crippen molar-refractivity contribution < 1.29 is 0 Å². The predicted molar refractivity (Wildman–Crippen MR) is 373 cm³/mol. The topological polar surface area (TPSA) is 53.5 Å². The summed E-state index contributed by atoms with van der Waals surface area (Å²) in [5.74, 6) is 1.98. The van der Waals surface area contributed by atoms with Crippen LogP contribution in [0.5, 0.6) is 0 Å². The van der Waals surface area contributed by atoms with E-state index in [4.69, 9.17) is 15.0 Å². The van der Waals surface area contributed by atoms with Crippen LogP contribution in [0.4, 0.5) is 0 Å². The van der Waals surface area contributed by atoms with Crippen LogP contribution in [0.3, 0.4) is 0 Å². The van der Waals surface area contributed by atoms with Crippen molar-refractivity contribution in [1.82, 2.24) is 28.7 Å². The smallest absolute Gasteiger partial charge is 0.164 e.